The first-order valence-corrected chi connectivity index (χ1v) is 20.3. The Labute approximate surface area is 273 Å². The van der Waals surface area contributed by atoms with E-state index in [1.165, 1.54) is 62.2 Å². The molecule has 0 unspecified atom stereocenters. The summed E-state index contributed by atoms with van der Waals surface area (Å²) in [6.07, 6.45) is 2.38. The zero-order valence-electron chi connectivity index (χ0n) is 24.2. The van der Waals surface area contributed by atoms with Gasteiger partial charge in [-0.1, -0.05) is 0 Å². The van der Waals surface area contributed by atoms with Gasteiger partial charge in [-0.15, -0.1) is 0 Å². The molecule has 0 atom stereocenters. The van der Waals surface area contributed by atoms with Gasteiger partial charge >= 0.3 is 275 Å². The topological polar surface area (TPSA) is 0 Å². The van der Waals surface area contributed by atoms with Crippen LogP contribution in [0.4, 0.5) is 0 Å². The standard InChI is InChI=1S/C40H36IS2/c1-5-13-35(14-6-1)42(36-15-7-2-8-16-36)39-25-21-33(22-26-39)29-31-41-32-30-34-23-27-40(28-24-34)43(37-17-9-3-10-18-37)38-19-11-4-12-20-38/h1-28H,29-32H2/q+1. The third-order valence-corrected chi connectivity index (χ3v) is 14.3. The van der Waals surface area contributed by atoms with Gasteiger partial charge in [0, 0.05) is 0 Å². The fourth-order valence-electron chi connectivity index (χ4n) is 5.07. The van der Waals surface area contributed by atoms with Crippen molar-refractivity contribution in [3.05, 3.63) is 181 Å². The molecule has 0 aliphatic rings. The molecule has 0 aliphatic carbocycles. The van der Waals surface area contributed by atoms with Gasteiger partial charge in [-0.2, -0.15) is 0 Å². The third kappa shape index (κ3) is 8.03. The van der Waals surface area contributed by atoms with E-state index in [-0.39, 0.29) is 43.0 Å². The molecule has 6 rings (SSSR count). The van der Waals surface area contributed by atoms with Crippen molar-refractivity contribution in [3.8, 4) is 0 Å². The van der Waals surface area contributed by atoms with Gasteiger partial charge in [0.05, 0.1) is 0 Å². The van der Waals surface area contributed by atoms with Gasteiger partial charge in [0.2, 0.25) is 0 Å². The predicted octanol–water partition coefficient (Wildman–Crippen LogP) is 6.75. The van der Waals surface area contributed by atoms with Crippen LogP contribution >= 0.6 is 0 Å². The van der Waals surface area contributed by atoms with E-state index < -0.39 is 0 Å². The molecule has 0 saturated carbocycles. The van der Waals surface area contributed by atoms with Crippen LogP contribution in [-0.2, 0) is 34.6 Å². The van der Waals surface area contributed by atoms with Gasteiger partial charge in [0.15, 0.2) is 0 Å². The van der Waals surface area contributed by atoms with Crippen LogP contribution in [0.2, 0.25) is 0 Å². The summed E-state index contributed by atoms with van der Waals surface area (Å²) in [5, 5.41) is 0. The molecule has 0 heterocycles. The van der Waals surface area contributed by atoms with E-state index in [1.807, 2.05) is 0 Å². The Morgan fingerprint density at radius 1 is 0.302 bits per heavy atom. The molecular formula is C40H36IS2+. The second-order valence-electron chi connectivity index (χ2n) is 10.2. The summed E-state index contributed by atoms with van der Waals surface area (Å²) in [5.74, 6) is 0. The van der Waals surface area contributed by atoms with Crippen molar-refractivity contribution >= 4 is 21.8 Å². The van der Waals surface area contributed by atoms with Crippen LogP contribution in [0.3, 0.4) is 0 Å². The minimum atomic E-state index is -0.0724. The van der Waals surface area contributed by atoms with Crippen LogP contribution in [0.15, 0.2) is 199 Å². The molecule has 0 amide bonds. The molecule has 6 aromatic carbocycles. The van der Waals surface area contributed by atoms with Gasteiger partial charge in [-0.25, -0.2) is 0 Å². The van der Waals surface area contributed by atoms with Crippen molar-refractivity contribution in [3.63, 3.8) is 0 Å². The molecule has 6 aromatic rings. The molecule has 43 heavy (non-hydrogen) atoms. The van der Waals surface area contributed by atoms with Crippen molar-refractivity contribution < 1.29 is 21.2 Å². The number of hydrogen-bond acceptors (Lipinski definition) is 0. The van der Waals surface area contributed by atoms with E-state index >= 15 is 0 Å². The number of rotatable bonds is 12. The summed E-state index contributed by atoms with van der Waals surface area (Å²) in [6, 6.07) is 62.5. The molecule has 0 radical (unpaired) electrons. The Kier molecular flexibility index (Phi) is 10.7. The van der Waals surface area contributed by atoms with Gasteiger partial charge in [0.1, 0.15) is 0 Å². The summed E-state index contributed by atoms with van der Waals surface area (Å²) < 4.78 is 2.68. The number of alkyl halides is 2. The molecule has 0 saturated heterocycles. The first-order chi connectivity index (χ1) is 21.3. The predicted molar refractivity (Wildman–Crippen MR) is 180 cm³/mol. The van der Waals surface area contributed by atoms with E-state index in [0.717, 1.165) is 0 Å². The number of benzene rings is 6. The number of aryl methyl sites for hydroxylation is 2. The zero-order chi connectivity index (χ0) is 29.1. The molecule has 0 fully saturated rings. The first-order valence-electron chi connectivity index (χ1n) is 14.8. The molecule has 0 N–H and O–H groups in total. The molecule has 0 aliphatic heterocycles. The van der Waals surface area contributed by atoms with Gasteiger partial charge in [-0.05, 0) is 0 Å². The molecule has 0 nitrogen and oxygen atoms in total. The molecule has 3 heteroatoms. The molecule has 0 aromatic heterocycles. The Morgan fingerprint density at radius 3 is 0.837 bits per heavy atom. The summed E-state index contributed by atoms with van der Waals surface area (Å²) in [5.41, 5.74) is 2.93. The maximum atomic E-state index is 2.36. The fraction of sp³-hybridized carbons (Fsp3) is 0.100. The Bertz CT molecular complexity index is 1450. The van der Waals surface area contributed by atoms with E-state index in [1.54, 1.807) is 0 Å². The van der Waals surface area contributed by atoms with Crippen LogP contribution < -0.4 is 21.2 Å². The van der Waals surface area contributed by atoms with Crippen LogP contribution in [0, 0.1) is 0 Å². The number of halogens is 1. The molecular weight excluding hydrogens is 671 g/mol. The van der Waals surface area contributed by atoms with E-state index in [0.29, 0.717) is 0 Å². The average molecular weight is 708 g/mol. The van der Waals surface area contributed by atoms with Crippen molar-refractivity contribution in [2.24, 2.45) is 0 Å². The Balaban J connectivity index is 1.03. The van der Waals surface area contributed by atoms with E-state index in [9.17, 15) is 0 Å². The second kappa shape index (κ2) is 15.5. The SMILES string of the molecule is c1ccc([S+](c2ccccc2)c2ccc(CC[I-]CCc3ccc([S+](c4ccccc4)c4ccccc4)cc3)cc2)cc1. The Hall–Kier alpha value is -3.25. The minimum absolute atomic E-state index is 0.0724. The number of hydrogen-bond donors (Lipinski definition) is 0. The third-order valence-electron chi connectivity index (χ3n) is 7.27. The van der Waals surface area contributed by atoms with Crippen molar-refractivity contribution in [2.45, 2.75) is 42.2 Å². The summed E-state index contributed by atoms with van der Waals surface area (Å²) in [6.45, 7) is 0. The van der Waals surface area contributed by atoms with Crippen LogP contribution in [0.1, 0.15) is 11.1 Å². The molecule has 214 valence electrons. The van der Waals surface area contributed by atoms with Gasteiger partial charge in [0.25, 0.3) is 0 Å². The second-order valence-corrected chi connectivity index (χ2v) is 17.5. The quantitative estimate of drug-likeness (QED) is 0.0572. The van der Waals surface area contributed by atoms with Crippen molar-refractivity contribution in [2.75, 3.05) is 8.86 Å². The van der Waals surface area contributed by atoms with Crippen LogP contribution in [-0.4, -0.2) is 8.86 Å². The first kappa shape index (κ1) is 29.8. The Morgan fingerprint density at radius 2 is 0.558 bits per heavy atom. The summed E-state index contributed by atoms with van der Waals surface area (Å²) >= 11 is 0.188. The average Bonchev–Trinajstić information content (AvgIpc) is 3.08. The molecule has 0 spiro atoms. The van der Waals surface area contributed by atoms with Crippen LogP contribution in [0.25, 0.3) is 0 Å². The summed E-state index contributed by atoms with van der Waals surface area (Å²) in [7, 11) is -0.145. The fourth-order valence-corrected chi connectivity index (χ4v) is 11.8. The normalized spacial score (nSPS) is 11.3. The van der Waals surface area contributed by atoms with E-state index in [2.05, 4.69) is 170 Å². The van der Waals surface area contributed by atoms with Gasteiger partial charge < -0.3 is 0 Å². The van der Waals surface area contributed by atoms with Crippen LogP contribution in [0.5, 0.6) is 0 Å². The van der Waals surface area contributed by atoms with Gasteiger partial charge in [-0.3, -0.25) is 0 Å². The summed E-state index contributed by atoms with van der Waals surface area (Å²) in [4.78, 5) is 8.27. The maximum absolute atomic E-state index is 2.36. The van der Waals surface area contributed by atoms with Crippen molar-refractivity contribution in [1.29, 1.82) is 0 Å². The van der Waals surface area contributed by atoms with E-state index in [4.69, 9.17) is 0 Å². The van der Waals surface area contributed by atoms with Crippen molar-refractivity contribution in [1.82, 2.24) is 0 Å². The monoisotopic (exact) mass is 707 g/mol. The molecule has 0 bridgehead atoms. The zero-order valence-corrected chi connectivity index (χ0v) is 28.0.